The Morgan fingerprint density at radius 3 is 2.50 bits per heavy atom. The molecule has 1 heterocycles. The van der Waals surface area contributed by atoms with Crippen molar-refractivity contribution in [3.8, 4) is 5.75 Å². The predicted molar refractivity (Wildman–Crippen MR) is 118 cm³/mol. The molecule has 0 aliphatic carbocycles. The topological polar surface area (TPSA) is 53.6 Å². The van der Waals surface area contributed by atoms with Crippen LogP contribution in [-0.2, 0) is 0 Å². The highest BCUT2D eigenvalue weighted by Gasteiger charge is 2.18. The van der Waals surface area contributed by atoms with E-state index in [1.807, 2.05) is 19.1 Å². The van der Waals surface area contributed by atoms with Gasteiger partial charge in [-0.05, 0) is 93.9 Å². The van der Waals surface area contributed by atoms with Gasteiger partial charge in [0.2, 0.25) is 0 Å². The zero-order valence-electron chi connectivity index (χ0n) is 16.4. The fraction of sp³-hybridized carbons (Fsp3) is 0.364. The van der Waals surface area contributed by atoms with Gasteiger partial charge in [0.1, 0.15) is 5.75 Å². The molecule has 2 aromatic carbocycles. The first kappa shape index (κ1) is 20.1. The van der Waals surface area contributed by atoms with Crippen molar-refractivity contribution in [1.29, 1.82) is 0 Å². The van der Waals surface area contributed by atoms with Gasteiger partial charge in [-0.3, -0.25) is 10.1 Å². The summed E-state index contributed by atoms with van der Waals surface area (Å²) in [4.78, 5) is 14.8. The molecule has 0 bridgehead atoms. The highest BCUT2D eigenvalue weighted by atomic mass is 32.1. The van der Waals surface area contributed by atoms with E-state index in [9.17, 15) is 4.79 Å². The van der Waals surface area contributed by atoms with Gasteiger partial charge in [0.15, 0.2) is 5.11 Å². The van der Waals surface area contributed by atoms with E-state index in [1.54, 1.807) is 24.3 Å². The van der Waals surface area contributed by atoms with Gasteiger partial charge in [-0.1, -0.05) is 0 Å². The smallest absolute Gasteiger partial charge is 0.257 e. The van der Waals surface area contributed by atoms with Gasteiger partial charge in [0.25, 0.3) is 5.91 Å². The van der Waals surface area contributed by atoms with Crippen LogP contribution in [0.5, 0.6) is 5.75 Å². The van der Waals surface area contributed by atoms with E-state index in [4.69, 9.17) is 17.0 Å². The average Bonchev–Trinajstić information content (AvgIpc) is 2.70. The zero-order valence-corrected chi connectivity index (χ0v) is 17.2. The van der Waals surface area contributed by atoms with Crippen LogP contribution in [0.25, 0.3) is 0 Å². The van der Waals surface area contributed by atoms with Crippen LogP contribution >= 0.6 is 12.2 Å². The van der Waals surface area contributed by atoms with Crippen LogP contribution in [0.15, 0.2) is 48.5 Å². The summed E-state index contributed by atoms with van der Waals surface area (Å²) >= 11 is 5.28. The van der Waals surface area contributed by atoms with Gasteiger partial charge < -0.3 is 15.0 Å². The number of carbonyl (C=O) groups is 1. The lowest BCUT2D eigenvalue weighted by molar-refractivity contribution is 0.0977. The molecule has 5 nitrogen and oxygen atoms in total. The number of anilines is 2. The number of thiocarbonyl (C=S) groups is 1. The van der Waals surface area contributed by atoms with Crippen LogP contribution in [0, 0.1) is 0 Å². The first-order valence-electron chi connectivity index (χ1n) is 9.78. The van der Waals surface area contributed by atoms with Gasteiger partial charge in [-0.15, -0.1) is 0 Å². The summed E-state index contributed by atoms with van der Waals surface area (Å²) in [5, 5.41) is 6.06. The quantitative estimate of drug-likeness (QED) is 0.723. The molecule has 2 aromatic rings. The number of nitrogens with zero attached hydrogens (tertiary/aromatic N) is 1. The number of ether oxygens (including phenoxy) is 1. The molecule has 1 fully saturated rings. The fourth-order valence-electron chi connectivity index (χ4n) is 3.42. The normalized spacial score (nSPS) is 16.4. The third-order valence-electron chi connectivity index (χ3n) is 4.91. The van der Waals surface area contributed by atoms with Crippen LogP contribution in [0.4, 0.5) is 11.4 Å². The lowest BCUT2D eigenvalue weighted by atomic mass is 10.0. The molecular formula is C22H27N3O2S. The minimum Gasteiger partial charge on any atom is -0.494 e. The van der Waals surface area contributed by atoms with E-state index in [2.05, 4.69) is 34.6 Å². The zero-order chi connectivity index (χ0) is 19.9. The van der Waals surface area contributed by atoms with Crippen LogP contribution in [0.3, 0.4) is 0 Å². The summed E-state index contributed by atoms with van der Waals surface area (Å²) in [7, 11) is 0. The van der Waals surface area contributed by atoms with Crippen LogP contribution in [0.1, 0.15) is 43.5 Å². The molecule has 0 spiro atoms. The van der Waals surface area contributed by atoms with Gasteiger partial charge in [-0.25, -0.2) is 0 Å². The second-order valence-electron chi connectivity index (χ2n) is 6.95. The molecule has 0 radical (unpaired) electrons. The Labute approximate surface area is 172 Å². The Kier molecular flexibility index (Phi) is 6.87. The van der Waals surface area contributed by atoms with Crippen molar-refractivity contribution in [3.05, 3.63) is 54.1 Å². The lowest BCUT2D eigenvalue weighted by Gasteiger charge is -2.35. The number of carbonyl (C=O) groups excluding carboxylic acids is 1. The summed E-state index contributed by atoms with van der Waals surface area (Å²) in [6, 6.07) is 15.7. The molecule has 1 amide bonds. The largest absolute Gasteiger partial charge is 0.494 e. The Morgan fingerprint density at radius 2 is 1.86 bits per heavy atom. The third-order valence-corrected chi connectivity index (χ3v) is 5.12. The number of benzene rings is 2. The molecule has 0 unspecified atom stereocenters. The van der Waals surface area contributed by atoms with Crippen molar-refractivity contribution in [2.75, 3.05) is 23.4 Å². The van der Waals surface area contributed by atoms with E-state index in [-0.39, 0.29) is 11.0 Å². The van der Waals surface area contributed by atoms with E-state index in [1.165, 1.54) is 24.9 Å². The maximum atomic E-state index is 12.3. The Bertz CT molecular complexity index is 806. The average molecular weight is 398 g/mol. The molecule has 6 heteroatoms. The number of nitrogens with one attached hydrogen (secondary N) is 2. The van der Waals surface area contributed by atoms with Crippen molar-refractivity contribution in [1.82, 2.24) is 5.32 Å². The van der Waals surface area contributed by atoms with Crippen molar-refractivity contribution >= 4 is 34.6 Å². The van der Waals surface area contributed by atoms with Crippen molar-refractivity contribution < 1.29 is 9.53 Å². The fourth-order valence-corrected chi connectivity index (χ4v) is 3.64. The molecule has 1 saturated heterocycles. The minimum absolute atomic E-state index is 0.251. The summed E-state index contributed by atoms with van der Waals surface area (Å²) in [6.45, 7) is 5.89. The van der Waals surface area contributed by atoms with Gasteiger partial charge >= 0.3 is 0 Å². The van der Waals surface area contributed by atoms with E-state index in [0.717, 1.165) is 18.0 Å². The molecule has 148 valence electrons. The second-order valence-corrected chi connectivity index (χ2v) is 7.36. The Balaban J connectivity index is 1.54. The lowest BCUT2D eigenvalue weighted by Crippen LogP contribution is -2.37. The second kappa shape index (κ2) is 9.55. The predicted octanol–water partition coefficient (Wildman–Crippen LogP) is 4.59. The first-order chi connectivity index (χ1) is 13.6. The van der Waals surface area contributed by atoms with Gasteiger partial charge in [0, 0.05) is 29.5 Å². The van der Waals surface area contributed by atoms with Crippen molar-refractivity contribution in [2.45, 2.75) is 39.2 Å². The standard InChI is InChI=1S/C22H27N3O2S/c1-3-27-20-13-7-17(8-14-20)21(26)24-22(28)23-18-9-11-19(12-10-18)25-15-5-4-6-16(25)2/h7-14,16H,3-6,15H2,1-2H3,(H2,23,24,26,28)/t16-/m0/s1. The van der Waals surface area contributed by atoms with E-state index >= 15 is 0 Å². The number of hydrogen-bond donors (Lipinski definition) is 2. The third kappa shape index (κ3) is 5.23. The molecular weight excluding hydrogens is 370 g/mol. The van der Waals surface area contributed by atoms with Gasteiger partial charge in [-0.2, -0.15) is 0 Å². The van der Waals surface area contributed by atoms with E-state index < -0.39 is 0 Å². The summed E-state index contributed by atoms with van der Waals surface area (Å²) in [6.07, 6.45) is 3.79. The highest BCUT2D eigenvalue weighted by molar-refractivity contribution is 7.80. The Hall–Kier alpha value is -2.60. The maximum Gasteiger partial charge on any atom is 0.257 e. The summed E-state index contributed by atoms with van der Waals surface area (Å²) in [5.74, 6) is 0.488. The monoisotopic (exact) mass is 397 g/mol. The van der Waals surface area contributed by atoms with Crippen LogP contribution in [0.2, 0.25) is 0 Å². The molecule has 28 heavy (non-hydrogen) atoms. The molecule has 0 aromatic heterocycles. The SMILES string of the molecule is CCOc1ccc(C(=O)NC(=S)Nc2ccc(N3CCCC[C@@H]3C)cc2)cc1. The summed E-state index contributed by atoms with van der Waals surface area (Å²) < 4.78 is 5.39. The Morgan fingerprint density at radius 1 is 1.14 bits per heavy atom. The molecule has 1 aliphatic heterocycles. The van der Waals surface area contributed by atoms with Gasteiger partial charge in [0.05, 0.1) is 6.61 Å². The number of piperidine rings is 1. The highest BCUT2D eigenvalue weighted by Crippen LogP contribution is 2.25. The molecule has 1 aliphatic rings. The summed E-state index contributed by atoms with van der Waals surface area (Å²) in [5.41, 5.74) is 2.61. The van der Waals surface area contributed by atoms with Crippen LogP contribution in [-0.4, -0.2) is 30.2 Å². The number of hydrogen-bond acceptors (Lipinski definition) is 4. The molecule has 3 rings (SSSR count). The minimum atomic E-state index is -0.251. The molecule has 1 atom stereocenters. The molecule has 2 N–H and O–H groups in total. The van der Waals surface area contributed by atoms with Crippen molar-refractivity contribution in [2.24, 2.45) is 0 Å². The first-order valence-corrected chi connectivity index (χ1v) is 10.2. The number of amides is 1. The van der Waals surface area contributed by atoms with Crippen LogP contribution < -0.4 is 20.3 Å². The van der Waals surface area contributed by atoms with Crippen molar-refractivity contribution in [3.63, 3.8) is 0 Å². The molecule has 0 saturated carbocycles. The van der Waals surface area contributed by atoms with E-state index in [0.29, 0.717) is 18.2 Å². The maximum absolute atomic E-state index is 12.3. The number of rotatable bonds is 5.